The van der Waals surface area contributed by atoms with Gasteiger partial charge in [-0.05, 0) is 64.5 Å². The minimum atomic E-state index is -0.516. The number of hydrogen-bond donors (Lipinski definition) is 1. The van der Waals surface area contributed by atoms with Gasteiger partial charge in [-0.25, -0.2) is 0 Å². The van der Waals surface area contributed by atoms with Gasteiger partial charge in [-0.15, -0.1) is 0 Å². The Bertz CT molecular complexity index is 1130. The Morgan fingerprint density at radius 3 is 0.925 bits per heavy atom. The molecule has 0 aromatic heterocycles. The molecule has 0 heterocycles. The molecule has 0 fully saturated rings. The van der Waals surface area contributed by atoms with Crippen molar-refractivity contribution in [1.29, 1.82) is 0 Å². The Kier molecular flexibility index (Phi) is 47.7. The van der Waals surface area contributed by atoms with Crippen molar-refractivity contribution in [3.63, 3.8) is 0 Å². The summed E-state index contributed by atoms with van der Waals surface area (Å²) in [5, 5.41) is 9.33. The molecule has 0 saturated carbocycles. The summed E-state index contributed by atoms with van der Waals surface area (Å²) >= 11 is 0. The summed E-state index contributed by atoms with van der Waals surface area (Å²) in [6, 6.07) is 0. The quantitative estimate of drug-likeness (QED) is 0.0350. The van der Waals surface area contributed by atoms with Gasteiger partial charge in [0, 0.05) is 44.6 Å². The number of unbranched alkanes of at least 4 members (excludes halogenated alkanes) is 23. The molecule has 0 amide bonds. The molecule has 1 atom stereocenters. The second kappa shape index (κ2) is 49.7. The maximum absolute atomic E-state index is 13.0. The molecule has 0 aliphatic heterocycles. The van der Waals surface area contributed by atoms with Crippen molar-refractivity contribution in [2.24, 2.45) is 11.8 Å². The van der Waals surface area contributed by atoms with Gasteiger partial charge >= 0.3 is 29.8 Å². The van der Waals surface area contributed by atoms with Crippen LogP contribution in [0.15, 0.2) is 0 Å². The fourth-order valence-electron chi connectivity index (χ4n) is 8.09. The molecule has 0 rings (SSSR count). The number of esters is 5. The molecule has 0 bridgehead atoms. The smallest absolute Gasteiger partial charge is 0.305 e. The molecule has 394 valence electrons. The predicted octanol–water partition coefficient (Wildman–Crippen LogP) is 13.0. The Balaban J connectivity index is 5.00. The third-order valence-electron chi connectivity index (χ3n) is 12.4. The van der Waals surface area contributed by atoms with Gasteiger partial charge in [0.1, 0.15) is 19.8 Å². The fourth-order valence-corrected chi connectivity index (χ4v) is 8.09. The Morgan fingerprint density at radius 1 is 0.328 bits per heavy atom. The zero-order valence-electron chi connectivity index (χ0n) is 43.7. The van der Waals surface area contributed by atoms with E-state index in [4.69, 9.17) is 23.7 Å². The minimum absolute atomic E-state index is 0.0265. The van der Waals surface area contributed by atoms with E-state index < -0.39 is 11.9 Å². The van der Waals surface area contributed by atoms with Crippen LogP contribution in [-0.2, 0) is 47.7 Å². The molecule has 0 aromatic carbocycles. The normalized spacial score (nSPS) is 11.8. The summed E-state index contributed by atoms with van der Waals surface area (Å²) < 4.78 is 28.0. The van der Waals surface area contributed by atoms with Crippen LogP contribution in [0.4, 0.5) is 0 Å². The van der Waals surface area contributed by atoms with Crippen LogP contribution in [0, 0.1) is 11.8 Å². The van der Waals surface area contributed by atoms with Crippen molar-refractivity contribution in [2.75, 3.05) is 59.3 Å². The van der Waals surface area contributed by atoms with Crippen LogP contribution < -0.4 is 0 Å². The van der Waals surface area contributed by atoms with Crippen molar-refractivity contribution < 1.29 is 52.8 Å². The predicted molar refractivity (Wildman–Crippen MR) is 270 cm³/mol. The van der Waals surface area contributed by atoms with Crippen LogP contribution in [0.1, 0.15) is 252 Å². The summed E-state index contributed by atoms with van der Waals surface area (Å²) in [6.07, 6.45) is 33.8. The van der Waals surface area contributed by atoms with Gasteiger partial charge in [0.25, 0.3) is 0 Å². The van der Waals surface area contributed by atoms with Crippen LogP contribution >= 0.6 is 0 Å². The monoisotopic (exact) mass is 954 g/mol. The molecule has 12 heteroatoms. The van der Waals surface area contributed by atoms with E-state index in [1.165, 1.54) is 77.0 Å². The first kappa shape index (κ1) is 64.3. The molecule has 0 spiro atoms. The number of aliphatic hydroxyl groups is 1. The Morgan fingerprint density at radius 2 is 0.612 bits per heavy atom. The van der Waals surface area contributed by atoms with Crippen LogP contribution in [0.2, 0.25) is 0 Å². The summed E-state index contributed by atoms with van der Waals surface area (Å²) in [4.78, 5) is 65.6. The first-order chi connectivity index (χ1) is 32.7. The highest BCUT2D eigenvalue weighted by Gasteiger charge is 2.20. The lowest BCUT2D eigenvalue weighted by Crippen LogP contribution is -2.29. The van der Waals surface area contributed by atoms with Crippen molar-refractivity contribution in [3.05, 3.63) is 0 Å². The van der Waals surface area contributed by atoms with E-state index in [1.54, 1.807) is 0 Å². The first-order valence-electron chi connectivity index (χ1n) is 27.8. The van der Waals surface area contributed by atoms with E-state index in [9.17, 15) is 29.1 Å². The zero-order valence-corrected chi connectivity index (χ0v) is 43.7. The highest BCUT2D eigenvalue weighted by molar-refractivity contribution is 5.71. The summed E-state index contributed by atoms with van der Waals surface area (Å²) in [5.74, 6) is -2.39. The molecule has 0 radical (unpaired) electrons. The molecule has 0 saturated heterocycles. The molecular weight excluding hydrogens is 851 g/mol. The molecule has 1 N–H and O–H groups in total. The molecule has 1 unspecified atom stereocenters. The van der Waals surface area contributed by atoms with E-state index in [1.807, 2.05) is 0 Å². The lowest BCUT2D eigenvalue weighted by molar-refractivity contribution is -0.155. The third-order valence-corrected chi connectivity index (χ3v) is 12.4. The molecule has 0 aliphatic rings. The molecule has 12 nitrogen and oxygen atoms in total. The van der Waals surface area contributed by atoms with Gasteiger partial charge in [-0.1, -0.05) is 169 Å². The van der Waals surface area contributed by atoms with E-state index in [0.717, 1.165) is 109 Å². The van der Waals surface area contributed by atoms with Crippen molar-refractivity contribution in [2.45, 2.75) is 252 Å². The number of rotatable bonds is 51. The van der Waals surface area contributed by atoms with E-state index in [0.29, 0.717) is 45.1 Å². The van der Waals surface area contributed by atoms with Crippen molar-refractivity contribution >= 4 is 29.8 Å². The van der Waals surface area contributed by atoms with Gasteiger partial charge < -0.3 is 33.7 Å². The summed E-state index contributed by atoms with van der Waals surface area (Å²) in [6.45, 7) is 11.2. The zero-order chi connectivity index (χ0) is 49.3. The van der Waals surface area contributed by atoms with E-state index >= 15 is 0 Å². The molecular formula is C55H103NO11. The van der Waals surface area contributed by atoms with Crippen molar-refractivity contribution in [1.82, 2.24) is 4.90 Å². The van der Waals surface area contributed by atoms with Gasteiger partial charge in [-0.2, -0.15) is 0 Å². The van der Waals surface area contributed by atoms with Gasteiger partial charge in [-0.3, -0.25) is 24.0 Å². The standard InChI is InChI=1S/C55H103NO11/c1-5-9-12-15-16-17-18-19-20-21-22-23-24-27-30-37-53(60)65-46-50(47-66-54(61)38-31-32-41-56(40-8-4)42-43-57)48-67-55(62)39-33-34-49(44-63-51(58)35-28-25-13-10-6-2)45-64-52(59)36-29-26-14-11-7-3/h49-50,57H,5-48H2,1-4H3. The first-order valence-corrected chi connectivity index (χ1v) is 27.8. The van der Waals surface area contributed by atoms with Gasteiger partial charge in [0.15, 0.2) is 0 Å². The second-order valence-corrected chi connectivity index (χ2v) is 19.1. The maximum Gasteiger partial charge on any atom is 0.305 e. The number of carbonyl (C=O) groups excluding carboxylic acids is 5. The number of ether oxygens (including phenoxy) is 5. The highest BCUT2D eigenvalue weighted by Crippen LogP contribution is 2.17. The van der Waals surface area contributed by atoms with Gasteiger partial charge in [0.2, 0.25) is 0 Å². The molecule has 67 heavy (non-hydrogen) atoms. The number of aliphatic hydroxyl groups excluding tert-OH is 1. The molecule has 0 aliphatic carbocycles. The average molecular weight is 954 g/mol. The minimum Gasteiger partial charge on any atom is -0.465 e. The number of hydrogen-bond acceptors (Lipinski definition) is 12. The maximum atomic E-state index is 13.0. The largest absolute Gasteiger partial charge is 0.465 e. The summed E-state index contributed by atoms with van der Waals surface area (Å²) in [5.41, 5.74) is 0. The number of carbonyl (C=O) groups is 5. The highest BCUT2D eigenvalue weighted by atomic mass is 16.6. The van der Waals surface area contributed by atoms with Crippen LogP contribution in [0.25, 0.3) is 0 Å². The third kappa shape index (κ3) is 45.5. The topological polar surface area (TPSA) is 155 Å². The summed E-state index contributed by atoms with van der Waals surface area (Å²) in [7, 11) is 0. The second-order valence-electron chi connectivity index (χ2n) is 19.1. The molecule has 0 aromatic rings. The lowest BCUT2D eigenvalue weighted by Gasteiger charge is -2.20. The lowest BCUT2D eigenvalue weighted by atomic mass is 10.0. The Hall–Kier alpha value is -2.73. The fraction of sp³-hybridized carbons (Fsp3) is 0.909. The van der Waals surface area contributed by atoms with Gasteiger partial charge in [0.05, 0.1) is 25.7 Å². The SMILES string of the molecule is CCCCCCCCCCCCCCCCCC(=O)OCC(COC(=O)CCCCN(CCC)CCO)COC(=O)CCCC(COC(=O)CCCCCCC)COC(=O)CCCCCCC. The van der Waals surface area contributed by atoms with Crippen LogP contribution in [0.5, 0.6) is 0 Å². The van der Waals surface area contributed by atoms with Crippen molar-refractivity contribution in [3.8, 4) is 0 Å². The van der Waals surface area contributed by atoms with Crippen LogP contribution in [-0.4, -0.2) is 99.1 Å². The Labute approximate surface area is 409 Å². The van der Waals surface area contributed by atoms with Crippen LogP contribution in [0.3, 0.4) is 0 Å². The van der Waals surface area contributed by atoms with E-state index in [-0.39, 0.29) is 82.3 Å². The number of nitrogens with zero attached hydrogens (tertiary/aromatic N) is 1. The van der Waals surface area contributed by atoms with E-state index in [2.05, 4.69) is 32.6 Å². The average Bonchev–Trinajstić information content (AvgIpc) is 3.31.